The van der Waals surface area contributed by atoms with Crippen molar-refractivity contribution in [1.82, 2.24) is 0 Å². The van der Waals surface area contributed by atoms with Crippen LogP contribution in [0, 0.1) is 22.7 Å². The molecular formula is C20H24N2O2. The monoisotopic (exact) mass is 324 g/mol. The van der Waals surface area contributed by atoms with Crippen molar-refractivity contribution >= 4 is 17.9 Å². The normalized spacial score (nSPS) is 42.1. The predicted octanol–water partition coefficient (Wildman–Crippen LogP) is 4.20. The highest BCUT2D eigenvalue weighted by Gasteiger charge is 2.57. The molecule has 0 amide bonds. The molecule has 2 aliphatic carbocycles. The number of ether oxygens (including phenoxy) is 1. The lowest BCUT2D eigenvalue weighted by atomic mass is 9.46. The third-order valence-corrected chi connectivity index (χ3v) is 6.82. The number of cyclic esters (lactones) is 1. The molecule has 4 nitrogen and oxygen atoms in total. The molecule has 4 rings (SSSR count). The van der Waals surface area contributed by atoms with Crippen LogP contribution in [-0.2, 0) is 9.53 Å². The number of allylic oxidation sites excluding steroid dienone is 2. The maximum atomic E-state index is 11.7. The summed E-state index contributed by atoms with van der Waals surface area (Å²) in [5.74, 6) is 0.674. The second-order valence-electron chi connectivity index (χ2n) is 7.99. The van der Waals surface area contributed by atoms with Crippen LogP contribution >= 0.6 is 0 Å². The first-order chi connectivity index (χ1) is 11.4. The summed E-state index contributed by atoms with van der Waals surface area (Å²) in [6, 6.07) is 0. The number of nitrogens with zero attached hydrogens (tertiary/aromatic N) is 2. The molecule has 2 saturated carbocycles. The zero-order valence-electron chi connectivity index (χ0n) is 14.4. The molecule has 2 fully saturated rings. The molecule has 0 saturated heterocycles. The van der Waals surface area contributed by atoms with Crippen LogP contribution in [0.4, 0.5) is 0 Å². The topological polar surface area (TPSA) is 51.0 Å². The number of fused-ring (bicyclic) bond motifs is 3. The van der Waals surface area contributed by atoms with Gasteiger partial charge in [0.2, 0.25) is 0 Å². The van der Waals surface area contributed by atoms with Crippen molar-refractivity contribution in [3.8, 4) is 0 Å². The van der Waals surface area contributed by atoms with Gasteiger partial charge in [-0.25, -0.2) is 4.79 Å². The predicted molar refractivity (Wildman–Crippen MR) is 94.7 cm³/mol. The Kier molecular flexibility index (Phi) is 3.41. The van der Waals surface area contributed by atoms with E-state index in [9.17, 15) is 4.79 Å². The molecule has 0 spiro atoms. The molecule has 126 valence electrons. The first-order valence-corrected chi connectivity index (χ1v) is 8.82. The van der Waals surface area contributed by atoms with Gasteiger partial charge < -0.3 is 4.74 Å². The minimum Gasteiger partial charge on any atom is -0.431 e. The van der Waals surface area contributed by atoms with Gasteiger partial charge in [-0.05, 0) is 62.4 Å². The maximum Gasteiger partial charge on any atom is 0.342 e. The molecule has 2 unspecified atom stereocenters. The Morgan fingerprint density at radius 2 is 2.25 bits per heavy atom. The van der Waals surface area contributed by atoms with E-state index in [2.05, 4.69) is 36.8 Å². The third kappa shape index (κ3) is 2.08. The number of carbonyl (C=O) groups excluding carboxylic acids is 1. The van der Waals surface area contributed by atoms with Crippen LogP contribution < -0.4 is 0 Å². The van der Waals surface area contributed by atoms with Crippen molar-refractivity contribution in [1.29, 1.82) is 0 Å². The smallest absolute Gasteiger partial charge is 0.342 e. The lowest BCUT2D eigenvalue weighted by molar-refractivity contribution is -0.132. The zero-order valence-corrected chi connectivity index (χ0v) is 14.4. The third-order valence-electron chi connectivity index (χ3n) is 6.82. The molecule has 0 N–H and O–H groups in total. The van der Waals surface area contributed by atoms with Gasteiger partial charge in [-0.15, -0.1) is 0 Å². The lowest BCUT2D eigenvalue weighted by Crippen LogP contribution is -2.54. The quantitative estimate of drug-likeness (QED) is 0.434. The Morgan fingerprint density at radius 3 is 3.00 bits per heavy atom. The van der Waals surface area contributed by atoms with E-state index in [1.807, 2.05) is 6.08 Å². The van der Waals surface area contributed by atoms with Gasteiger partial charge in [0.1, 0.15) is 0 Å². The van der Waals surface area contributed by atoms with Crippen molar-refractivity contribution in [3.63, 3.8) is 0 Å². The average Bonchev–Trinajstić information content (AvgIpc) is 3.11. The number of hydrogen-bond acceptors (Lipinski definition) is 4. The summed E-state index contributed by atoms with van der Waals surface area (Å²) in [6.45, 7) is 9.08. The van der Waals surface area contributed by atoms with E-state index >= 15 is 0 Å². The fourth-order valence-corrected chi connectivity index (χ4v) is 5.41. The van der Waals surface area contributed by atoms with Gasteiger partial charge >= 0.3 is 5.97 Å². The zero-order chi connectivity index (χ0) is 16.9. The molecule has 0 bridgehead atoms. The Hall–Kier alpha value is -1.97. The Labute approximate surface area is 143 Å². The van der Waals surface area contributed by atoms with Gasteiger partial charge in [0, 0.05) is 11.6 Å². The molecule has 0 aromatic heterocycles. The van der Waals surface area contributed by atoms with Crippen molar-refractivity contribution in [2.24, 2.45) is 32.9 Å². The van der Waals surface area contributed by atoms with Crippen LogP contribution in [-0.4, -0.2) is 17.9 Å². The second-order valence-corrected chi connectivity index (χ2v) is 7.99. The molecule has 0 aromatic rings. The molecule has 4 aliphatic rings. The van der Waals surface area contributed by atoms with E-state index in [4.69, 9.17) is 4.74 Å². The van der Waals surface area contributed by atoms with Crippen LogP contribution in [0.1, 0.15) is 46.0 Å². The number of carbonyl (C=O) groups is 1. The summed E-state index contributed by atoms with van der Waals surface area (Å²) < 4.78 is 4.89. The van der Waals surface area contributed by atoms with E-state index in [1.165, 1.54) is 17.5 Å². The molecule has 2 heterocycles. The van der Waals surface area contributed by atoms with E-state index in [0.717, 1.165) is 32.1 Å². The summed E-state index contributed by atoms with van der Waals surface area (Å²) >= 11 is 0. The van der Waals surface area contributed by atoms with Crippen molar-refractivity contribution in [2.75, 3.05) is 0 Å². The van der Waals surface area contributed by atoms with Crippen molar-refractivity contribution in [2.45, 2.75) is 46.0 Å². The van der Waals surface area contributed by atoms with Gasteiger partial charge in [0.15, 0.2) is 0 Å². The van der Waals surface area contributed by atoms with Crippen molar-refractivity contribution in [3.05, 3.63) is 36.1 Å². The van der Waals surface area contributed by atoms with Gasteiger partial charge in [-0.2, -0.15) is 10.2 Å². The van der Waals surface area contributed by atoms with Crippen LogP contribution in [0.2, 0.25) is 0 Å². The number of esters is 1. The van der Waals surface area contributed by atoms with Gasteiger partial charge in [0.25, 0.3) is 0 Å². The minimum absolute atomic E-state index is 0.00865. The average molecular weight is 324 g/mol. The summed E-state index contributed by atoms with van der Waals surface area (Å²) in [5.41, 5.74) is 3.39. The second kappa shape index (κ2) is 5.27. The first-order valence-electron chi connectivity index (χ1n) is 8.82. The fraction of sp³-hybridized carbons (Fsp3) is 0.550. The summed E-state index contributed by atoms with van der Waals surface area (Å²) in [5, 5.41) is 8.64. The highest BCUT2D eigenvalue weighted by Crippen LogP contribution is 2.61. The molecule has 4 atom stereocenters. The Balaban J connectivity index is 1.65. The summed E-state index contributed by atoms with van der Waals surface area (Å²) in [6.07, 6.45) is 12.5. The number of hydrogen-bond donors (Lipinski definition) is 0. The number of rotatable bonds is 2. The molecular weight excluding hydrogens is 300 g/mol. The standard InChI is InChI=1S/C20H24N2O2/c1-13-4-7-16-19(2,10-8-17-20(16,3)12-21-22-17)15(13)6-5-14-9-11-24-18(14)23/h5,9,11-12,15-16H,1,4,6-8,10H2,2-3H3/b14-5+/t15?,16?,19-,20+/m1/s1. The summed E-state index contributed by atoms with van der Waals surface area (Å²) in [4.78, 5) is 11.7. The molecule has 4 heteroatoms. The summed E-state index contributed by atoms with van der Waals surface area (Å²) in [7, 11) is 0. The van der Waals surface area contributed by atoms with E-state index in [0.29, 0.717) is 17.4 Å². The van der Waals surface area contributed by atoms with Crippen LogP contribution in [0.5, 0.6) is 0 Å². The SMILES string of the molecule is C=C1CCC2[C@](C)(CCC3=NN=C[C@]32C)C1C/C=C1\C=COC1=O. The van der Waals surface area contributed by atoms with Crippen LogP contribution in [0.3, 0.4) is 0 Å². The van der Waals surface area contributed by atoms with Gasteiger partial charge in [-0.3, -0.25) is 0 Å². The Morgan fingerprint density at radius 1 is 1.42 bits per heavy atom. The molecule has 0 radical (unpaired) electrons. The van der Waals surface area contributed by atoms with Crippen LogP contribution in [0.15, 0.2) is 46.3 Å². The van der Waals surface area contributed by atoms with Gasteiger partial charge in [-0.1, -0.05) is 25.2 Å². The molecule has 24 heavy (non-hydrogen) atoms. The fourth-order valence-electron chi connectivity index (χ4n) is 5.41. The minimum atomic E-state index is -0.244. The highest BCUT2D eigenvalue weighted by molar-refractivity contribution is 6.06. The maximum absolute atomic E-state index is 11.7. The van der Waals surface area contributed by atoms with Gasteiger partial charge in [0.05, 0.1) is 17.5 Å². The van der Waals surface area contributed by atoms with E-state index < -0.39 is 0 Å². The molecule has 2 aliphatic heterocycles. The van der Waals surface area contributed by atoms with Crippen LogP contribution in [0.25, 0.3) is 0 Å². The largest absolute Gasteiger partial charge is 0.431 e. The highest BCUT2D eigenvalue weighted by atomic mass is 16.5. The van der Waals surface area contributed by atoms with E-state index in [1.54, 1.807) is 6.08 Å². The lowest BCUT2D eigenvalue weighted by Gasteiger charge is -2.57. The van der Waals surface area contributed by atoms with Crippen molar-refractivity contribution < 1.29 is 9.53 Å². The van der Waals surface area contributed by atoms with E-state index in [-0.39, 0.29) is 16.8 Å². The molecule has 0 aromatic carbocycles. The Bertz CT molecular complexity index is 730. The first kappa shape index (κ1) is 15.6.